The molecule has 30 heavy (non-hydrogen) atoms. The predicted octanol–water partition coefficient (Wildman–Crippen LogP) is 2.99. The smallest absolute Gasteiger partial charge is 0.243 e. The lowest BCUT2D eigenvalue weighted by molar-refractivity contribution is -0.126. The van der Waals surface area contributed by atoms with Crippen molar-refractivity contribution in [3.8, 4) is 0 Å². The number of hydrogen-bond acceptors (Lipinski definition) is 4. The van der Waals surface area contributed by atoms with Crippen LogP contribution >= 0.6 is 0 Å². The molecule has 0 saturated carbocycles. The Labute approximate surface area is 177 Å². The van der Waals surface area contributed by atoms with E-state index in [0.717, 1.165) is 16.5 Å². The third-order valence-electron chi connectivity index (χ3n) is 5.55. The number of aromatic nitrogens is 1. The highest BCUT2D eigenvalue weighted by molar-refractivity contribution is 7.89. The van der Waals surface area contributed by atoms with Crippen molar-refractivity contribution in [2.24, 2.45) is 5.92 Å². The number of amides is 1. The Bertz CT molecular complexity index is 1130. The van der Waals surface area contributed by atoms with Crippen molar-refractivity contribution < 1.29 is 13.2 Å². The molecule has 156 valence electrons. The second kappa shape index (κ2) is 8.93. The minimum Gasteiger partial charge on any atom is -0.355 e. The van der Waals surface area contributed by atoms with Gasteiger partial charge in [-0.2, -0.15) is 4.31 Å². The molecule has 6 nitrogen and oxygen atoms in total. The van der Waals surface area contributed by atoms with Crippen LogP contribution in [0.2, 0.25) is 0 Å². The maximum absolute atomic E-state index is 12.9. The van der Waals surface area contributed by atoms with E-state index in [1.807, 2.05) is 30.3 Å². The standard InChI is InChI=1S/C23H25N3O3S/c27-23(25-15-13-19-8-4-7-18-9-5-14-24-22(18)19)20-10-6-16-26(17-20)30(28,29)21-11-2-1-3-12-21/h1-5,7-9,11-12,14,20H,6,10,13,15-17H2,(H,25,27)/t20-/m0/s1. The average molecular weight is 424 g/mol. The first kappa shape index (κ1) is 20.5. The fraction of sp³-hybridized carbons (Fsp3) is 0.304. The monoisotopic (exact) mass is 423 g/mol. The SMILES string of the molecule is O=C(NCCc1cccc2cccnc12)[C@H]1CCCN(S(=O)(=O)c2ccccc2)C1. The molecule has 7 heteroatoms. The molecule has 0 unspecified atom stereocenters. The molecule has 1 atom stereocenters. The summed E-state index contributed by atoms with van der Waals surface area (Å²) in [5.74, 6) is -0.418. The summed E-state index contributed by atoms with van der Waals surface area (Å²) in [6.45, 7) is 1.16. The van der Waals surface area contributed by atoms with Crippen LogP contribution < -0.4 is 5.32 Å². The molecule has 1 fully saturated rings. The number of fused-ring (bicyclic) bond motifs is 1. The Morgan fingerprint density at radius 1 is 1.07 bits per heavy atom. The first-order valence-electron chi connectivity index (χ1n) is 10.2. The molecule has 1 N–H and O–H groups in total. The molecule has 1 saturated heterocycles. The summed E-state index contributed by atoms with van der Waals surface area (Å²) < 4.78 is 27.2. The number of para-hydroxylation sites is 1. The van der Waals surface area contributed by atoms with Crippen molar-refractivity contribution in [3.63, 3.8) is 0 Å². The summed E-state index contributed by atoms with van der Waals surface area (Å²) in [6, 6.07) is 18.4. The van der Waals surface area contributed by atoms with Gasteiger partial charge in [0.25, 0.3) is 0 Å². The molecule has 0 spiro atoms. The average Bonchev–Trinajstić information content (AvgIpc) is 2.80. The van der Waals surface area contributed by atoms with Crippen LogP contribution in [0.1, 0.15) is 18.4 Å². The molecule has 3 aromatic rings. The maximum Gasteiger partial charge on any atom is 0.243 e. The first-order chi connectivity index (χ1) is 14.6. The van der Waals surface area contributed by atoms with E-state index < -0.39 is 10.0 Å². The maximum atomic E-state index is 12.9. The lowest BCUT2D eigenvalue weighted by Gasteiger charge is -2.31. The highest BCUT2D eigenvalue weighted by Crippen LogP contribution is 2.24. The number of pyridine rings is 1. The van der Waals surface area contributed by atoms with E-state index in [1.54, 1.807) is 36.5 Å². The van der Waals surface area contributed by atoms with E-state index in [2.05, 4.69) is 10.3 Å². The van der Waals surface area contributed by atoms with Gasteiger partial charge in [0.15, 0.2) is 0 Å². The van der Waals surface area contributed by atoms with Gasteiger partial charge in [0.1, 0.15) is 0 Å². The lowest BCUT2D eigenvalue weighted by atomic mass is 9.98. The second-order valence-corrected chi connectivity index (χ2v) is 9.49. The fourth-order valence-electron chi connectivity index (χ4n) is 3.95. The summed E-state index contributed by atoms with van der Waals surface area (Å²) >= 11 is 0. The Morgan fingerprint density at radius 3 is 2.70 bits per heavy atom. The van der Waals surface area contributed by atoms with Crippen LogP contribution in [0.4, 0.5) is 0 Å². The molecule has 0 radical (unpaired) electrons. The molecule has 2 aromatic carbocycles. The minimum atomic E-state index is -3.57. The van der Waals surface area contributed by atoms with Crippen molar-refractivity contribution in [2.75, 3.05) is 19.6 Å². The highest BCUT2D eigenvalue weighted by Gasteiger charge is 2.33. The molecule has 0 aliphatic carbocycles. The number of nitrogens with one attached hydrogen (secondary N) is 1. The van der Waals surface area contributed by atoms with Crippen LogP contribution in [0.5, 0.6) is 0 Å². The van der Waals surface area contributed by atoms with E-state index in [1.165, 1.54) is 4.31 Å². The summed E-state index contributed by atoms with van der Waals surface area (Å²) in [4.78, 5) is 17.4. The molecule has 1 amide bonds. The van der Waals surface area contributed by atoms with Gasteiger partial charge in [-0.05, 0) is 43.0 Å². The first-order valence-corrected chi connectivity index (χ1v) is 11.7. The minimum absolute atomic E-state index is 0.0869. The normalized spacial score (nSPS) is 17.7. The predicted molar refractivity (Wildman–Crippen MR) is 116 cm³/mol. The van der Waals surface area contributed by atoms with E-state index in [9.17, 15) is 13.2 Å². The van der Waals surface area contributed by atoms with Crippen molar-refractivity contribution >= 4 is 26.8 Å². The van der Waals surface area contributed by atoms with E-state index in [0.29, 0.717) is 32.4 Å². The van der Waals surface area contributed by atoms with Gasteiger partial charge in [-0.1, -0.05) is 42.5 Å². The van der Waals surface area contributed by atoms with Gasteiger partial charge in [-0.15, -0.1) is 0 Å². The van der Waals surface area contributed by atoms with Gasteiger partial charge in [0.2, 0.25) is 15.9 Å². The van der Waals surface area contributed by atoms with Crippen molar-refractivity contribution in [1.29, 1.82) is 0 Å². The number of rotatable bonds is 6. The van der Waals surface area contributed by atoms with Gasteiger partial charge in [0.05, 0.1) is 16.3 Å². The number of carbonyl (C=O) groups excluding carboxylic acids is 1. The van der Waals surface area contributed by atoms with Crippen molar-refractivity contribution in [2.45, 2.75) is 24.2 Å². The highest BCUT2D eigenvalue weighted by atomic mass is 32.2. The van der Waals surface area contributed by atoms with Crippen LogP contribution in [0, 0.1) is 5.92 Å². The zero-order valence-corrected chi connectivity index (χ0v) is 17.5. The van der Waals surface area contributed by atoms with Gasteiger partial charge < -0.3 is 5.32 Å². The molecule has 1 aliphatic heterocycles. The Hall–Kier alpha value is -2.77. The second-order valence-electron chi connectivity index (χ2n) is 7.55. The number of benzene rings is 2. The molecular weight excluding hydrogens is 398 g/mol. The Balaban J connectivity index is 1.37. The number of sulfonamides is 1. The molecule has 1 aliphatic rings. The van der Waals surface area contributed by atoms with Crippen LogP contribution in [0.15, 0.2) is 71.8 Å². The van der Waals surface area contributed by atoms with E-state index >= 15 is 0 Å². The quantitative estimate of drug-likeness (QED) is 0.661. The van der Waals surface area contributed by atoms with E-state index in [4.69, 9.17) is 0 Å². The van der Waals surface area contributed by atoms with E-state index in [-0.39, 0.29) is 23.3 Å². The molecule has 1 aromatic heterocycles. The molecule has 4 rings (SSSR count). The molecular formula is C23H25N3O3S. The fourth-order valence-corrected chi connectivity index (χ4v) is 5.49. The summed E-state index contributed by atoms with van der Waals surface area (Å²) in [5.41, 5.74) is 2.04. The number of carbonyl (C=O) groups is 1. The largest absolute Gasteiger partial charge is 0.355 e. The summed E-state index contributed by atoms with van der Waals surface area (Å²) in [7, 11) is -3.57. The number of nitrogens with zero attached hydrogens (tertiary/aromatic N) is 2. The van der Waals surface area contributed by atoms with Gasteiger partial charge >= 0.3 is 0 Å². The summed E-state index contributed by atoms with van der Waals surface area (Å²) in [5, 5.41) is 4.07. The van der Waals surface area contributed by atoms with Crippen LogP contribution in [-0.4, -0.2) is 43.2 Å². The third-order valence-corrected chi connectivity index (χ3v) is 7.43. The van der Waals surface area contributed by atoms with Crippen LogP contribution in [0.25, 0.3) is 10.9 Å². The lowest BCUT2D eigenvalue weighted by Crippen LogP contribution is -2.45. The topological polar surface area (TPSA) is 79.4 Å². The van der Waals surface area contributed by atoms with Crippen LogP contribution in [-0.2, 0) is 21.2 Å². The van der Waals surface area contributed by atoms with Gasteiger partial charge in [-0.3, -0.25) is 9.78 Å². The zero-order valence-electron chi connectivity index (χ0n) is 16.7. The number of piperidine rings is 1. The van der Waals surface area contributed by atoms with Crippen molar-refractivity contribution in [3.05, 3.63) is 72.4 Å². The Kier molecular flexibility index (Phi) is 6.11. The Morgan fingerprint density at radius 2 is 1.87 bits per heavy atom. The molecule has 0 bridgehead atoms. The van der Waals surface area contributed by atoms with Crippen molar-refractivity contribution in [1.82, 2.24) is 14.6 Å². The zero-order chi connectivity index (χ0) is 21.0. The van der Waals surface area contributed by atoms with Gasteiger partial charge in [0, 0.05) is 31.2 Å². The molecule has 2 heterocycles. The third kappa shape index (κ3) is 4.37. The van der Waals surface area contributed by atoms with Gasteiger partial charge in [-0.25, -0.2) is 8.42 Å². The summed E-state index contributed by atoms with van der Waals surface area (Å²) in [6.07, 6.45) is 3.83. The van der Waals surface area contributed by atoms with Crippen LogP contribution in [0.3, 0.4) is 0 Å². The number of hydrogen-bond donors (Lipinski definition) is 1.